The number of hydrogen-bond donors (Lipinski definition) is 2. The van der Waals surface area contributed by atoms with Gasteiger partial charge in [-0.05, 0) is 30.7 Å². The molecule has 6 heteroatoms. The zero-order valence-electron chi connectivity index (χ0n) is 10.5. The van der Waals surface area contributed by atoms with E-state index < -0.39 is 0 Å². The van der Waals surface area contributed by atoms with Crippen LogP contribution in [0.3, 0.4) is 0 Å². The van der Waals surface area contributed by atoms with E-state index in [-0.39, 0.29) is 12.1 Å². The summed E-state index contributed by atoms with van der Waals surface area (Å²) in [6, 6.07) is 7.40. The molecule has 0 aliphatic carbocycles. The van der Waals surface area contributed by atoms with Gasteiger partial charge in [-0.2, -0.15) is 4.98 Å². The summed E-state index contributed by atoms with van der Waals surface area (Å²) in [7, 11) is 1.62. The first-order valence-electron chi connectivity index (χ1n) is 6.16. The zero-order valence-corrected chi connectivity index (χ0v) is 10.5. The molecular formula is C13H15N3O3. The first-order valence-corrected chi connectivity index (χ1v) is 6.16. The van der Waals surface area contributed by atoms with Gasteiger partial charge in [-0.3, -0.25) is 0 Å². The average Bonchev–Trinajstić information content (AvgIpc) is 3.07. The number of aromatic nitrogens is 2. The monoisotopic (exact) mass is 261 g/mol. The van der Waals surface area contributed by atoms with Gasteiger partial charge in [-0.15, -0.1) is 0 Å². The lowest BCUT2D eigenvalue weighted by Crippen LogP contribution is -2.15. The number of aliphatic hydroxyl groups is 1. The molecule has 0 saturated carbocycles. The summed E-state index contributed by atoms with van der Waals surface area (Å²) in [6.45, 7) is 0.560. The number of β-amino-alcohol motifs (C(OH)–C–C–N with tert-alkyl or cyclic N) is 1. The van der Waals surface area contributed by atoms with E-state index in [1.165, 1.54) is 0 Å². The van der Waals surface area contributed by atoms with Crippen LogP contribution >= 0.6 is 0 Å². The molecular weight excluding hydrogens is 246 g/mol. The van der Waals surface area contributed by atoms with Crippen molar-refractivity contribution in [2.75, 3.05) is 13.7 Å². The number of nitrogens with zero attached hydrogens (tertiary/aromatic N) is 2. The molecule has 0 unspecified atom stereocenters. The van der Waals surface area contributed by atoms with E-state index in [4.69, 9.17) is 9.26 Å². The zero-order chi connectivity index (χ0) is 13.2. The molecule has 1 aliphatic heterocycles. The van der Waals surface area contributed by atoms with Crippen molar-refractivity contribution < 1.29 is 14.4 Å². The molecule has 2 aromatic rings. The van der Waals surface area contributed by atoms with Crippen LogP contribution in [0.5, 0.6) is 5.75 Å². The standard InChI is InChI=1S/C13H15N3O3/c1-18-10-4-2-8(3-5-10)12-15-13(19-16-12)11-6-9(17)7-14-11/h2-5,9,11,14,17H,6-7H2,1H3/t9-,11+/m0/s1. The van der Waals surface area contributed by atoms with Crippen LogP contribution in [0.1, 0.15) is 18.4 Å². The van der Waals surface area contributed by atoms with Gasteiger partial charge in [-0.25, -0.2) is 0 Å². The number of nitrogens with one attached hydrogen (secondary N) is 1. The summed E-state index contributed by atoms with van der Waals surface area (Å²) in [4.78, 5) is 4.36. The highest BCUT2D eigenvalue weighted by molar-refractivity contribution is 5.55. The molecule has 1 aliphatic rings. The number of benzene rings is 1. The van der Waals surface area contributed by atoms with Crippen LogP contribution in [0.2, 0.25) is 0 Å². The molecule has 1 saturated heterocycles. The third-order valence-electron chi connectivity index (χ3n) is 3.20. The Morgan fingerprint density at radius 1 is 1.37 bits per heavy atom. The van der Waals surface area contributed by atoms with E-state index in [9.17, 15) is 5.11 Å². The SMILES string of the molecule is COc1ccc(-c2noc([C@H]3C[C@H](O)CN3)n2)cc1. The van der Waals surface area contributed by atoms with Gasteiger partial charge >= 0.3 is 0 Å². The Kier molecular flexibility index (Phi) is 3.18. The average molecular weight is 261 g/mol. The second kappa shape index (κ2) is 4.99. The van der Waals surface area contributed by atoms with Crippen LogP contribution in [0.15, 0.2) is 28.8 Å². The highest BCUT2D eigenvalue weighted by Crippen LogP contribution is 2.25. The van der Waals surface area contributed by atoms with E-state index in [0.29, 0.717) is 24.7 Å². The van der Waals surface area contributed by atoms with Gasteiger partial charge in [0, 0.05) is 12.1 Å². The summed E-state index contributed by atoms with van der Waals surface area (Å²) in [5, 5.41) is 16.6. The number of methoxy groups -OCH3 is 1. The van der Waals surface area contributed by atoms with Crippen LogP contribution < -0.4 is 10.1 Å². The molecule has 2 heterocycles. The Morgan fingerprint density at radius 2 is 2.16 bits per heavy atom. The third kappa shape index (κ3) is 2.45. The van der Waals surface area contributed by atoms with Crippen LogP contribution in [0.4, 0.5) is 0 Å². The lowest BCUT2D eigenvalue weighted by molar-refractivity contribution is 0.191. The Bertz CT molecular complexity index is 553. The summed E-state index contributed by atoms with van der Waals surface area (Å²) in [5.41, 5.74) is 0.870. The van der Waals surface area contributed by atoms with E-state index in [2.05, 4.69) is 15.5 Å². The van der Waals surface area contributed by atoms with E-state index in [0.717, 1.165) is 11.3 Å². The molecule has 1 aromatic heterocycles. The number of aliphatic hydroxyl groups excluding tert-OH is 1. The van der Waals surface area contributed by atoms with Gasteiger partial charge in [0.1, 0.15) is 5.75 Å². The minimum Gasteiger partial charge on any atom is -0.497 e. The topological polar surface area (TPSA) is 80.4 Å². The smallest absolute Gasteiger partial charge is 0.244 e. The molecule has 19 heavy (non-hydrogen) atoms. The van der Waals surface area contributed by atoms with E-state index in [1.54, 1.807) is 7.11 Å². The maximum atomic E-state index is 9.48. The van der Waals surface area contributed by atoms with E-state index >= 15 is 0 Å². The predicted octanol–water partition coefficient (Wildman–Crippen LogP) is 1.14. The predicted molar refractivity (Wildman–Crippen MR) is 67.7 cm³/mol. The quantitative estimate of drug-likeness (QED) is 0.862. The number of rotatable bonds is 3. The largest absolute Gasteiger partial charge is 0.497 e. The summed E-state index contributed by atoms with van der Waals surface area (Å²) in [6.07, 6.45) is 0.255. The summed E-state index contributed by atoms with van der Waals surface area (Å²) >= 11 is 0. The minimum atomic E-state index is -0.346. The van der Waals surface area contributed by atoms with Crippen molar-refractivity contribution in [3.05, 3.63) is 30.2 Å². The van der Waals surface area contributed by atoms with Crippen LogP contribution in [0, 0.1) is 0 Å². The van der Waals surface area contributed by atoms with Crippen LogP contribution in [-0.4, -0.2) is 35.0 Å². The molecule has 0 bridgehead atoms. The lowest BCUT2D eigenvalue weighted by Gasteiger charge is -2.01. The van der Waals surface area contributed by atoms with Crippen LogP contribution in [-0.2, 0) is 0 Å². The summed E-state index contributed by atoms with van der Waals surface area (Å²) in [5.74, 6) is 1.84. The maximum Gasteiger partial charge on any atom is 0.244 e. The van der Waals surface area contributed by atoms with Crippen molar-refractivity contribution in [3.8, 4) is 17.1 Å². The van der Waals surface area contributed by atoms with Crippen molar-refractivity contribution in [2.45, 2.75) is 18.6 Å². The van der Waals surface area contributed by atoms with Gasteiger partial charge in [0.15, 0.2) is 0 Å². The second-order valence-corrected chi connectivity index (χ2v) is 4.54. The Hall–Kier alpha value is -1.92. The molecule has 0 spiro atoms. The molecule has 2 atom stereocenters. The van der Waals surface area contributed by atoms with Gasteiger partial charge in [-0.1, -0.05) is 5.16 Å². The first-order chi connectivity index (χ1) is 9.26. The molecule has 100 valence electrons. The van der Waals surface area contributed by atoms with E-state index in [1.807, 2.05) is 24.3 Å². The highest BCUT2D eigenvalue weighted by atomic mass is 16.5. The normalized spacial score (nSPS) is 22.6. The lowest BCUT2D eigenvalue weighted by atomic mass is 10.2. The Labute approximate surface area is 110 Å². The van der Waals surface area contributed by atoms with Gasteiger partial charge in [0.2, 0.25) is 11.7 Å². The Morgan fingerprint density at radius 3 is 2.79 bits per heavy atom. The van der Waals surface area contributed by atoms with Gasteiger partial charge < -0.3 is 19.7 Å². The minimum absolute atomic E-state index is 0.0606. The molecule has 3 rings (SSSR count). The van der Waals surface area contributed by atoms with Gasteiger partial charge in [0.25, 0.3) is 0 Å². The molecule has 1 fully saturated rings. The molecule has 6 nitrogen and oxygen atoms in total. The second-order valence-electron chi connectivity index (χ2n) is 4.54. The van der Waals surface area contributed by atoms with Crippen molar-refractivity contribution >= 4 is 0 Å². The molecule has 1 aromatic carbocycles. The molecule has 2 N–H and O–H groups in total. The first kappa shape index (κ1) is 12.1. The fourth-order valence-electron chi connectivity index (χ4n) is 2.14. The molecule has 0 radical (unpaired) electrons. The van der Waals surface area contributed by atoms with Crippen molar-refractivity contribution in [1.82, 2.24) is 15.5 Å². The van der Waals surface area contributed by atoms with Crippen molar-refractivity contribution in [3.63, 3.8) is 0 Å². The molecule has 0 amide bonds. The third-order valence-corrected chi connectivity index (χ3v) is 3.20. The number of ether oxygens (including phenoxy) is 1. The van der Waals surface area contributed by atoms with Crippen molar-refractivity contribution in [1.29, 1.82) is 0 Å². The highest BCUT2D eigenvalue weighted by Gasteiger charge is 2.28. The van der Waals surface area contributed by atoms with Gasteiger partial charge in [0.05, 0.1) is 19.3 Å². The fourth-order valence-corrected chi connectivity index (χ4v) is 2.14. The number of hydrogen-bond acceptors (Lipinski definition) is 6. The van der Waals surface area contributed by atoms with Crippen molar-refractivity contribution in [2.24, 2.45) is 0 Å². The fraction of sp³-hybridized carbons (Fsp3) is 0.385. The maximum absolute atomic E-state index is 9.48. The Balaban J connectivity index is 1.80. The summed E-state index contributed by atoms with van der Waals surface area (Å²) < 4.78 is 10.3. The van der Waals surface area contributed by atoms with Crippen LogP contribution in [0.25, 0.3) is 11.4 Å².